The van der Waals surface area contributed by atoms with Gasteiger partial charge >= 0.3 is 6.01 Å². The van der Waals surface area contributed by atoms with Gasteiger partial charge < -0.3 is 9.30 Å². The molecule has 5 heteroatoms. The molecule has 0 unspecified atom stereocenters. The molecule has 0 spiro atoms. The van der Waals surface area contributed by atoms with Crippen molar-refractivity contribution in [3.63, 3.8) is 0 Å². The van der Waals surface area contributed by atoms with Gasteiger partial charge in [0.15, 0.2) is 0 Å². The molecule has 2 heterocycles. The van der Waals surface area contributed by atoms with E-state index in [1.807, 2.05) is 17.8 Å². The Labute approximate surface area is 81.4 Å². The second-order valence-electron chi connectivity index (χ2n) is 2.85. The van der Waals surface area contributed by atoms with Crippen LogP contribution in [0, 0.1) is 0 Å². The molecule has 0 aliphatic carbocycles. The number of imidazole rings is 1. The first-order valence-corrected chi connectivity index (χ1v) is 4.15. The largest absolute Gasteiger partial charge is 0.467 e. The van der Waals surface area contributed by atoms with Crippen LogP contribution in [0.2, 0.25) is 0 Å². The molecule has 2 aromatic heterocycles. The molecule has 0 aromatic carbocycles. The summed E-state index contributed by atoms with van der Waals surface area (Å²) in [5.41, 5.74) is 1.57. The number of aryl methyl sites for hydroxylation is 1. The standard InChI is InChI=1S/C9H10N4O/c1-13-5-8(11-6-13)7-3-4-10-9(12-7)14-2/h3-6H,1-2H3. The van der Waals surface area contributed by atoms with E-state index < -0.39 is 0 Å². The highest BCUT2D eigenvalue weighted by atomic mass is 16.5. The van der Waals surface area contributed by atoms with Gasteiger partial charge in [-0.2, -0.15) is 4.98 Å². The fourth-order valence-corrected chi connectivity index (χ4v) is 1.13. The van der Waals surface area contributed by atoms with Crippen molar-refractivity contribution >= 4 is 0 Å². The van der Waals surface area contributed by atoms with Crippen LogP contribution in [-0.2, 0) is 7.05 Å². The van der Waals surface area contributed by atoms with Crippen molar-refractivity contribution in [2.75, 3.05) is 7.11 Å². The second-order valence-corrected chi connectivity index (χ2v) is 2.85. The Morgan fingerprint density at radius 2 is 2.14 bits per heavy atom. The zero-order valence-corrected chi connectivity index (χ0v) is 8.01. The van der Waals surface area contributed by atoms with E-state index in [9.17, 15) is 0 Å². The highest BCUT2D eigenvalue weighted by molar-refractivity contribution is 5.52. The van der Waals surface area contributed by atoms with Gasteiger partial charge in [-0.15, -0.1) is 0 Å². The van der Waals surface area contributed by atoms with Gasteiger partial charge in [0, 0.05) is 19.4 Å². The smallest absolute Gasteiger partial charge is 0.316 e. The van der Waals surface area contributed by atoms with Crippen molar-refractivity contribution in [3.05, 3.63) is 24.8 Å². The molecule has 5 nitrogen and oxygen atoms in total. The SMILES string of the molecule is COc1nccc(-c2cn(C)cn2)n1. The second kappa shape index (κ2) is 3.45. The summed E-state index contributed by atoms with van der Waals surface area (Å²) >= 11 is 0. The fourth-order valence-electron chi connectivity index (χ4n) is 1.13. The van der Waals surface area contributed by atoms with Crippen LogP contribution in [-0.4, -0.2) is 26.6 Å². The van der Waals surface area contributed by atoms with E-state index >= 15 is 0 Å². The lowest BCUT2D eigenvalue weighted by Gasteiger charge is -1.98. The molecule has 0 fully saturated rings. The summed E-state index contributed by atoms with van der Waals surface area (Å²) in [6.07, 6.45) is 5.27. The topological polar surface area (TPSA) is 52.8 Å². The first-order chi connectivity index (χ1) is 6.79. The van der Waals surface area contributed by atoms with E-state index in [0.29, 0.717) is 6.01 Å². The van der Waals surface area contributed by atoms with E-state index in [1.54, 1.807) is 18.6 Å². The summed E-state index contributed by atoms with van der Waals surface area (Å²) in [5.74, 6) is 0. The van der Waals surface area contributed by atoms with E-state index in [4.69, 9.17) is 4.74 Å². The molecule has 0 bridgehead atoms. The third-order valence-electron chi connectivity index (χ3n) is 1.78. The molecule has 72 valence electrons. The van der Waals surface area contributed by atoms with Gasteiger partial charge in [-0.3, -0.25) is 0 Å². The summed E-state index contributed by atoms with van der Waals surface area (Å²) in [4.78, 5) is 12.3. The normalized spacial score (nSPS) is 10.1. The first kappa shape index (κ1) is 8.68. The molecule has 2 rings (SSSR count). The molecule has 0 saturated carbocycles. The van der Waals surface area contributed by atoms with Crippen molar-refractivity contribution in [2.24, 2.45) is 7.05 Å². The van der Waals surface area contributed by atoms with Crippen LogP contribution in [0.15, 0.2) is 24.8 Å². The molecular formula is C9H10N4O. The van der Waals surface area contributed by atoms with E-state index in [0.717, 1.165) is 11.4 Å². The minimum atomic E-state index is 0.355. The maximum Gasteiger partial charge on any atom is 0.316 e. The van der Waals surface area contributed by atoms with Crippen LogP contribution in [0.25, 0.3) is 11.4 Å². The van der Waals surface area contributed by atoms with Crippen molar-refractivity contribution in [1.82, 2.24) is 19.5 Å². The number of rotatable bonds is 2. The number of aromatic nitrogens is 4. The van der Waals surface area contributed by atoms with Crippen LogP contribution >= 0.6 is 0 Å². The van der Waals surface area contributed by atoms with E-state index in [1.165, 1.54) is 7.11 Å². The Balaban J connectivity index is 2.41. The summed E-state index contributed by atoms with van der Waals surface area (Å²) in [5, 5.41) is 0. The number of methoxy groups -OCH3 is 1. The lowest BCUT2D eigenvalue weighted by Crippen LogP contribution is -1.92. The Morgan fingerprint density at radius 1 is 1.29 bits per heavy atom. The highest BCUT2D eigenvalue weighted by Crippen LogP contribution is 2.14. The Hall–Kier alpha value is -1.91. The number of ether oxygens (including phenoxy) is 1. The van der Waals surface area contributed by atoms with Crippen LogP contribution in [0.1, 0.15) is 0 Å². The number of hydrogen-bond acceptors (Lipinski definition) is 4. The van der Waals surface area contributed by atoms with Gasteiger partial charge in [0.2, 0.25) is 0 Å². The maximum atomic E-state index is 4.93. The maximum absolute atomic E-state index is 4.93. The molecular weight excluding hydrogens is 180 g/mol. The molecule has 0 aliphatic heterocycles. The van der Waals surface area contributed by atoms with Crippen molar-refractivity contribution in [1.29, 1.82) is 0 Å². The van der Waals surface area contributed by atoms with E-state index in [2.05, 4.69) is 15.0 Å². The molecule has 2 aromatic rings. The molecule has 0 N–H and O–H groups in total. The molecule has 0 saturated heterocycles. The average Bonchev–Trinajstić information content (AvgIpc) is 2.65. The molecule has 0 aliphatic rings. The van der Waals surface area contributed by atoms with Crippen LogP contribution in [0.3, 0.4) is 0 Å². The summed E-state index contributed by atoms with van der Waals surface area (Å²) in [7, 11) is 3.45. The average molecular weight is 190 g/mol. The summed E-state index contributed by atoms with van der Waals surface area (Å²) in [6, 6.07) is 2.15. The van der Waals surface area contributed by atoms with E-state index in [-0.39, 0.29) is 0 Å². The van der Waals surface area contributed by atoms with Crippen LogP contribution in [0.5, 0.6) is 6.01 Å². The highest BCUT2D eigenvalue weighted by Gasteiger charge is 2.03. The predicted octanol–water partition coefficient (Wildman–Crippen LogP) is 0.886. The van der Waals surface area contributed by atoms with Gasteiger partial charge in [0.25, 0.3) is 0 Å². The minimum absolute atomic E-state index is 0.355. The lowest BCUT2D eigenvalue weighted by molar-refractivity contribution is 0.380. The Bertz CT molecular complexity index is 438. The van der Waals surface area contributed by atoms with Gasteiger partial charge in [0.05, 0.1) is 19.1 Å². The van der Waals surface area contributed by atoms with Crippen molar-refractivity contribution in [2.45, 2.75) is 0 Å². The van der Waals surface area contributed by atoms with Gasteiger partial charge in [-0.1, -0.05) is 0 Å². The van der Waals surface area contributed by atoms with Crippen molar-refractivity contribution in [3.8, 4) is 17.4 Å². The Morgan fingerprint density at radius 3 is 2.79 bits per heavy atom. The number of nitrogens with zero attached hydrogens (tertiary/aromatic N) is 4. The van der Waals surface area contributed by atoms with Crippen LogP contribution in [0.4, 0.5) is 0 Å². The lowest BCUT2D eigenvalue weighted by atomic mass is 10.3. The molecule has 14 heavy (non-hydrogen) atoms. The van der Waals surface area contributed by atoms with Gasteiger partial charge in [0.1, 0.15) is 5.69 Å². The third-order valence-corrected chi connectivity index (χ3v) is 1.78. The van der Waals surface area contributed by atoms with Crippen molar-refractivity contribution < 1.29 is 4.74 Å². The van der Waals surface area contributed by atoms with Crippen LogP contribution < -0.4 is 4.74 Å². The first-order valence-electron chi connectivity index (χ1n) is 4.15. The Kier molecular flexibility index (Phi) is 2.14. The zero-order valence-electron chi connectivity index (χ0n) is 8.01. The van der Waals surface area contributed by atoms with Gasteiger partial charge in [-0.25, -0.2) is 9.97 Å². The summed E-state index contributed by atoms with van der Waals surface area (Å²) in [6.45, 7) is 0. The van der Waals surface area contributed by atoms with Gasteiger partial charge in [-0.05, 0) is 6.07 Å². The third kappa shape index (κ3) is 1.56. The summed E-state index contributed by atoms with van der Waals surface area (Å²) < 4.78 is 6.79. The monoisotopic (exact) mass is 190 g/mol. The minimum Gasteiger partial charge on any atom is -0.467 e. The zero-order chi connectivity index (χ0) is 9.97. The molecule has 0 atom stereocenters. The predicted molar refractivity (Wildman–Crippen MR) is 50.8 cm³/mol. The number of hydrogen-bond donors (Lipinski definition) is 0. The fraction of sp³-hybridized carbons (Fsp3) is 0.222. The quantitative estimate of drug-likeness (QED) is 0.705. The molecule has 0 radical (unpaired) electrons. The molecule has 0 amide bonds.